The first-order valence-corrected chi connectivity index (χ1v) is 9.61. The number of carbonyl (C=O) groups excluding carboxylic acids is 2. The summed E-state index contributed by atoms with van der Waals surface area (Å²) in [5.41, 5.74) is 1.24. The third-order valence-corrected chi connectivity index (χ3v) is 3.93. The minimum absolute atomic E-state index is 0.177. The second-order valence-corrected chi connectivity index (χ2v) is 8.30. The van der Waals surface area contributed by atoms with Crippen LogP contribution in [0.25, 0.3) is 0 Å². The molecule has 0 saturated carbocycles. The number of nitrogens with one attached hydrogen (secondary N) is 2. The first-order valence-electron chi connectivity index (χ1n) is 9.61. The predicted molar refractivity (Wildman–Crippen MR) is 113 cm³/mol. The lowest BCUT2D eigenvalue weighted by molar-refractivity contribution is 0.0918. The molecular formula is C23H30N2O3. The molecule has 2 aromatic carbocycles. The van der Waals surface area contributed by atoms with Gasteiger partial charge in [0.25, 0.3) is 11.8 Å². The second-order valence-electron chi connectivity index (χ2n) is 8.30. The van der Waals surface area contributed by atoms with Crippen LogP contribution in [0, 0.1) is 5.92 Å². The maximum atomic E-state index is 12.6. The maximum Gasteiger partial charge on any atom is 0.255 e. The van der Waals surface area contributed by atoms with Crippen LogP contribution in [0.2, 0.25) is 0 Å². The van der Waals surface area contributed by atoms with E-state index in [4.69, 9.17) is 4.74 Å². The molecule has 0 radical (unpaired) electrons. The van der Waals surface area contributed by atoms with Gasteiger partial charge in [-0.25, -0.2) is 0 Å². The Hall–Kier alpha value is -2.82. The van der Waals surface area contributed by atoms with Crippen molar-refractivity contribution in [2.75, 3.05) is 11.9 Å². The van der Waals surface area contributed by atoms with Gasteiger partial charge in [0.05, 0.1) is 6.61 Å². The van der Waals surface area contributed by atoms with Crippen molar-refractivity contribution >= 4 is 17.5 Å². The zero-order valence-electron chi connectivity index (χ0n) is 17.3. The van der Waals surface area contributed by atoms with E-state index in [2.05, 4.69) is 24.5 Å². The summed E-state index contributed by atoms with van der Waals surface area (Å²) in [5, 5.41) is 5.76. The van der Waals surface area contributed by atoms with Gasteiger partial charge in [0, 0.05) is 22.4 Å². The van der Waals surface area contributed by atoms with Crippen molar-refractivity contribution in [3.8, 4) is 5.75 Å². The van der Waals surface area contributed by atoms with Gasteiger partial charge in [-0.2, -0.15) is 0 Å². The molecule has 2 amide bonds. The van der Waals surface area contributed by atoms with E-state index in [0.29, 0.717) is 35.1 Å². The molecule has 2 rings (SSSR count). The number of ether oxygens (including phenoxy) is 1. The average Bonchev–Trinajstić information content (AvgIpc) is 2.60. The van der Waals surface area contributed by atoms with Crippen LogP contribution in [0.5, 0.6) is 5.75 Å². The molecule has 0 fully saturated rings. The fourth-order valence-corrected chi connectivity index (χ4v) is 2.49. The zero-order chi connectivity index (χ0) is 20.7. The highest BCUT2D eigenvalue weighted by molar-refractivity contribution is 6.05. The Bertz CT molecular complexity index is 823. The van der Waals surface area contributed by atoms with Gasteiger partial charge in [0.15, 0.2) is 0 Å². The van der Waals surface area contributed by atoms with Crippen molar-refractivity contribution in [2.24, 2.45) is 5.92 Å². The van der Waals surface area contributed by atoms with E-state index in [-0.39, 0.29) is 17.4 Å². The minimum atomic E-state index is -0.327. The monoisotopic (exact) mass is 382 g/mol. The standard InChI is InChI=1S/C23H30N2O3/c1-16(2)12-13-28-20-11-7-9-18(15-20)21(26)24-19-10-6-8-17(14-19)22(27)25-23(3,4)5/h6-11,14-16H,12-13H2,1-5H3,(H,24,26)(H,25,27). The molecule has 0 saturated heterocycles. The summed E-state index contributed by atoms with van der Waals surface area (Å²) in [5.74, 6) is 0.813. The average molecular weight is 383 g/mol. The SMILES string of the molecule is CC(C)CCOc1cccc(C(=O)Nc2cccc(C(=O)NC(C)(C)C)c2)c1. The second kappa shape index (κ2) is 9.40. The highest BCUT2D eigenvalue weighted by atomic mass is 16.5. The molecule has 0 aliphatic rings. The van der Waals surface area contributed by atoms with Gasteiger partial charge in [0.2, 0.25) is 0 Å². The summed E-state index contributed by atoms with van der Waals surface area (Å²) in [6, 6.07) is 14.0. The Morgan fingerprint density at radius 2 is 1.61 bits per heavy atom. The summed E-state index contributed by atoms with van der Waals surface area (Å²) < 4.78 is 5.72. The Labute approximate surface area is 167 Å². The highest BCUT2D eigenvalue weighted by Gasteiger charge is 2.16. The lowest BCUT2D eigenvalue weighted by Gasteiger charge is -2.20. The van der Waals surface area contributed by atoms with E-state index in [1.165, 1.54) is 0 Å². The van der Waals surface area contributed by atoms with E-state index < -0.39 is 0 Å². The summed E-state index contributed by atoms with van der Waals surface area (Å²) in [4.78, 5) is 24.9. The Morgan fingerprint density at radius 3 is 2.25 bits per heavy atom. The van der Waals surface area contributed by atoms with Gasteiger partial charge >= 0.3 is 0 Å². The Morgan fingerprint density at radius 1 is 0.964 bits per heavy atom. The smallest absolute Gasteiger partial charge is 0.255 e. The van der Waals surface area contributed by atoms with E-state index >= 15 is 0 Å². The van der Waals surface area contributed by atoms with Crippen LogP contribution < -0.4 is 15.4 Å². The van der Waals surface area contributed by atoms with Crippen LogP contribution in [0.3, 0.4) is 0 Å². The van der Waals surface area contributed by atoms with Crippen LogP contribution >= 0.6 is 0 Å². The fraction of sp³-hybridized carbons (Fsp3) is 0.391. The van der Waals surface area contributed by atoms with E-state index in [0.717, 1.165) is 6.42 Å². The quantitative estimate of drug-likeness (QED) is 0.716. The molecule has 2 N–H and O–H groups in total. The van der Waals surface area contributed by atoms with Crippen molar-refractivity contribution < 1.29 is 14.3 Å². The first-order chi connectivity index (χ1) is 13.1. The van der Waals surface area contributed by atoms with Crippen molar-refractivity contribution in [1.82, 2.24) is 5.32 Å². The van der Waals surface area contributed by atoms with Gasteiger partial charge in [0.1, 0.15) is 5.75 Å². The predicted octanol–water partition coefficient (Wildman–Crippen LogP) is 4.89. The van der Waals surface area contributed by atoms with E-state index in [1.54, 1.807) is 42.5 Å². The number of benzene rings is 2. The molecule has 5 nitrogen and oxygen atoms in total. The van der Waals surface area contributed by atoms with Crippen molar-refractivity contribution in [1.29, 1.82) is 0 Å². The number of hydrogen-bond acceptors (Lipinski definition) is 3. The van der Waals surface area contributed by atoms with Crippen LogP contribution in [-0.4, -0.2) is 24.0 Å². The molecule has 0 aliphatic carbocycles. The van der Waals surface area contributed by atoms with Gasteiger partial charge in [-0.15, -0.1) is 0 Å². The molecule has 0 heterocycles. The summed E-state index contributed by atoms with van der Waals surface area (Å²) in [6.07, 6.45) is 0.958. The van der Waals surface area contributed by atoms with Crippen LogP contribution in [0.4, 0.5) is 5.69 Å². The number of amides is 2. The normalized spacial score (nSPS) is 11.2. The third-order valence-electron chi connectivity index (χ3n) is 3.93. The lowest BCUT2D eigenvalue weighted by atomic mass is 10.1. The maximum absolute atomic E-state index is 12.6. The van der Waals surface area contributed by atoms with Crippen LogP contribution in [0.15, 0.2) is 48.5 Å². The van der Waals surface area contributed by atoms with Crippen molar-refractivity contribution in [3.05, 3.63) is 59.7 Å². The van der Waals surface area contributed by atoms with Crippen LogP contribution in [-0.2, 0) is 0 Å². The molecule has 0 aliphatic heterocycles. The fourth-order valence-electron chi connectivity index (χ4n) is 2.49. The van der Waals surface area contributed by atoms with Gasteiger partial charge in [-0.1, -0.05) is 26.0 Å². The Kier molecular flexibility index (Phi) is 7.21. The van der Waals surface area contributed by atoms with Gasteiger partial charge < -0.3 is 15.4 Å². The molecule has 0 aromatic heterocycles. The van der Waals surface area contributed by atoms with Gasteiger partial charge in [-0.05, 0) is 69.5 Å². The first kappa shape index (κ1) is 21.5. The molecule has 150 valence electrons. The number of carbonyl (C=O) groups is 2. The molecular weight excluding hydrogens is 352 g/mol. The molecule has 0 bridgehead atoms. The lowest BCUT2D eigenvalue weighted by Crippen LogP contribution is -2.40. The Balaban J connectivity index is 2.05. The van der Waals surface area contributed by atoms with Crippen LogP contribution in [0.1, 0.15) is 61.8 Å². The molecule has 2 aromatic rings. The molecule has 5 heteroatoms. The summed E-state index contributed by atoms with van der Waals surface area (Å²) >= 11 is 0. The molecule has 28 heavy (non-hydrogen) atoms. The van der Waals surface area contributed by atoms with E-state index in [9.17, 15) is 9.59 Å². The molecule has 0 atom stereocenters. The van der Waals surface area contributed by atoms with Gasteiger partial charge in [-0.3, -0.25) is 9.59 Å². The summed E-state index contributed by atoms with van der Waals surface area (Å²) in [7, 11) is 0. The van der Waals surface area contributed by atoms with Crippen molar-refractivity contribution in [3.63, 3.8) is 0 Å². The zero-order valence-corrected chi connectivity index (χ0v) is 17.3. The molecule has 0 unspecified atom stereocenters. The molecule has 0 spiro atoms. The summed E-state index contributed by atoms with van der Waals surface area (Å²) in [6.45, 7) is 10.7. The topological polar surface area (TPSA) is 67.4 Å². The number of hydrogen-bond donors (Lipinski definition) is 2. The number of rotatable bonds is 7. The minimum Gasteiger partial charge on any atom is -0.494 e. The third kappa shape index (κ3) is 7.06. The number of anilines is 1. The highest BCUT2D eigenvalue weighted by Crippen LogP contribution is 2.17. The van der Waals surface area contributed by atoms with Crippen molar-refractivity contribution in [2.45, 2.75) is 46.6 Å². The largest absolute Gasteiger partial charge is 0.494 e. The van der Waals surface area contributed by atoms with E-state index in [1.807, 2.05) is 26.8 Å².